The van der Waals surface area contributed by atoms with Crippen molar-refractivity contribution in [1.82, 2.24) is 9.97 Å². The number of hydrogen-bond donors (Lipinski definition) is 1. The van der Waals surface area contributed by atoms with Gasteiger partial charge >= 0.3 is 0 Å². The van der Waals surface area contributed by atoms with Crippen LogP contribution in [0.1, 0.15) is 30.2 Å². The predicted molar refractivity (Wildman–Crippen MR) is 107 cm³/mol. The van der Waals surface area contributed by atoms with Gasteiger partial charge < -0.3 is 4.74 Å². The van der Waals surface area contributed by atoms with Crippen molar-refractivity contribution in [3.05, 3.63) is 64.6 Å². The number of rotatable bonds is 8. The first-order chi connectivity index (χ1) is 13.0. The van der Waals surface area contributed by atoms with Gasteiger partial charge in [0.25, 0.3) is 15.9 Å². The largest absolute Gasteiger partial charge is 0.475 e. The van der Waals surface area contributed by atoms with Crippen molar-refractivity contribution < 1.29 is 13.2 Å². The molecule has 0 unspecified atom stereocenters. The number of ether oxygens (including phenoxy) is 1. The Bertz CT molecular complexity index is 970. The van der Waals surface area contributed by atoms with E-state index in [1.54, 1.807) is 23.5 Å². The van der Waals surface area contributed by atoms with Crippen LogP contribution >= 0.6 is 11.3 Å². The fraction of sp³-hybridized carbons (Fsp3) is 0.263. The number of sulfonamides is 1. The zero-order valence-corrected chi connectivity index (χ0v) is 16.8. The van der Waals surface area contributed by atoms with Crippen LogP contribution in [-0.4, -0.2) is 25.0 Å². The molecule has 1 aromatic carbocycles. The summed E-state index contributed by atoms with van der Waals surface area (Å²) in [6.45, 7) is 4.50. The van der Waals surface area contributed by atoms with E-state index in [1.165, 1.54) is 17.3 Å². The lowest BCUT2D eigenvalue weighted by molar-refractivity contribution is 0.311. The molecule has 0 atom stereocenters. The van der Waals surface area contributed by atoms with Gasteiger partial charge in [0.05, 0.1) is 11.5 Å². The van der Waals surface area contributed by atoms with Gasteiger partial charge in [0, 0.05) is 23.7 Å². The molecule has 0 saturated heterocycles. The maximum Gasteiger partial charge on any atom is 0.263 e. The molecule has 0 bridgehead atoms. The Kier molecular flexibility index (Phi) is 6.08. The summed E-state index contributed by atoms with van der Waals surface area (Å²) in [6, 6.07) is 10.8. The standard InChI is InChI=1S/C19H21N3O3S2/c1-14(2)15-5-7-17(8-6-15)27(23,24)22-18-19(21-11-10-20-18)25-12-9-16-4-3-13-26-16/h3-8,10-11,13-14H,9,12H2,1-2H3,(H,20,22). The number of hydrogen-bond acceptors (Lipinski definition) is 6. The van der Waals surface area contributed by atoms with Gasteiger partial charge in [-0.1, -0.05) is 32.0 Å². The van der Waals surface area contributed by atoms with E-state index in [-0.39, 0.29) is 16.6 Å². The summed E-state index contributed by atoms with van der Waals surface area (Å²) < 4.78 is 33.4. The van der Waals surface area contributed by atoms with Crippen molar-refractivity contribution >= 4 is 27.2 Å². The average molecular weight is 404 g/mol. The van der Waals surface area contributed by atoms with Gasteiger partial charge in [0.2, 0.25) is 5.82 Å². The van der Waals surface area contributed by atoms with Gasteiger partial charge in [-0.2, -0.15) is 0 Å². The molecule has 3 rings (SSSR count). The average Bonchev–Trinajstić information content (AvgIpc) is 3.16. The monoisotopic (exact) mass is 403 g/mol. The summed E-state index contributed by atoms with van der Waals surface area (Å²) in [5, 5.41) is 2.00. The molecule has 2 aromatic heterocycles. The Labute approximate surface area is 163 Å². The molecule has 0 amide bonds. The molecule has 1 N–H and O–H groups in total. The highest BCUT2D eigenvalue weighted by Gasteiger charge is 2.18. The normalized spacial score (nSPS) is 11.5. The van der Waals surface area contributed by atoms with Gasteiger partial charge in [-0.25, -0.2) is 18.4 Å². The van der Waals surface area contributed by atoms with Crippen LogP contribution in [0.15, 0.2) is 59.1 Å². The molecule has 0 radical (unpaired) electrons. The van der Waals surface area contributed by atoms with Crippen molar-refractivity contribution in [3.63, 3.8) is 0 Å². The van der Waals surface area contributed by atoms with Crippen LogP contribution in [0.3, 0.4) is 0 Å². The molecule has 8 heteroatoms. The molecule has 0 fully saturated rings. The number of nitrogens with one attached hydrogen (secondary N) is 1. The van der Waals surface area contributed by atoms with E-state index in [2.05, 4.69) is 28.5 Å². The predicted octanol–water partition coefficient (Wildman–Crippen LogP) is 4.08. The highest BCUT2D eigenvalue weighted by atomic mass is 32.2. The van der Waals surface area contributed by atoms with E-state index in [9.17, 15) is 8.42 Å². The quantitative estimate of drug-likeness (QED) is 0.613. The third kappa shape index (κ3) is 5.05. The summed E-state index contributed by atoms with van der Waals surface area (Å²) in [5.41, 5.74) is 1.08. The number of aromatic nitrogens is 2. The SMILES string of the molecule is CC(C)c1ccc(S(=O)(=O)Nc2nccnc2OCCc2cccs2)cc1. The van der Waals surface area contributed by atoms with Crippen molar-refractivity contribution in [3.8, 4) is 5.88 Å². The zero-order chi connectivity index (χ0) is 19.3. The minimum atomic E-state index is -3.78. The molecule has 0 aliphatic carbocycles. The first-order valence-electron chi connectivity index (χ1n) is 8.54. The molecule has 2 heterocycles. The smallest absolute Gasteiger partial charge is 0.263 e. The Hall–Kier alpha value is -2.45. The number of benzene rings is 1. The number of nitrogens with zero attached hydrogens (tertiary/aromatic N) is 2. The van der Waals surface area contributed by atoms with Crippen LogP contribution in [0.25, 0.3) is 0 Å². The molecule has 0 spiro atoms. The van der Waals surface area contributed by atoms with Crippen LogP contribution in [0.2, 0.25) is 0 Å². The van der Waals surface area contributed by atoms with Crippen LogP contribution < -0.4 is 9.46 Å². The minimum absolute atomic E-state index is 0.0802. The molecule has 142 valence electrons. The fourth-order valence-electron chi connectivity index (χ4n) is 2.42. The Morgan fingerprint density at radius 1 is 1.11 bits per heavy atom. The Morgan fingerprint density at radius 3 is 2.52 bits per heavy atom. The molecule has 0 aliphatic heterocycles. The first kappa shape index (κ1) is 19.3. The third-order valence-electron chi connectivity index (χ3n) is 3.92. The highest BCUT2D eigenvalue weighted by Crippen LogP contribution is 2.23. The molecule has 0 aliphatic rings. The van der Waals surface area contributed by atoms with Crippen molar-refractivity contribution in [2.75, 3.05) is 11.3 Å². The lowest BCUT2D eigenvalue weighted by Gasteiger charge is -2.12. The van der Waals surface area contributed by atoms with E-state index in [0.29, 0.717) is 12.5 Å². The highest BCUT2D eigenvalue weighted by molar-refractivity contribution is 7.92. The summed E-state index contributed by atoms with van der Waals surface area (Å²) in [7, 11) is -3.78. The van der Waals surface area contributed by atoms with E-state index < -0.39 is 10.0 Å². The number of thiophene rings is 1. The fourth-order valence-corrected chi connectivity index (χ4v) is 4.12. The molecule has 3 aromatic rings. The molecular formula is C19H21N3O3S2. The van der Waals surface area contributed by atoms with Crippen molar-refractivity contribution in [1.29, 1.82) is 0 Å². The van der Waals surface area contributed by atoms with Gasteiger partial charge in [-0.15, -0.1) is 11.3 Å². The van der Waals surface area contributed by atoms with Gasteiger partial charge in [0.1, 0.15) is 0 Å². The second-order valence-corrected chi connectivity index (χ2v) is 8.93. The maximum atomic E-state index is 12.7. The van der Waals surface area contributed by atoms with Gasteiger partial charge in [0.15, 0.2) is 0 Å². The van der Waals surface area contributed by atoms with E-state index >= 15 is 0 Å². The Morgan fingerprint density at radius 2 is 1.85 bits per heavy atom. The summed E-state index contributed by atoms with van der Waals surface area (Å²) >= 11 is 1.65. The van der Waals surface area contributed by atoms with E-state index in [0.717, 1.165) is 12.0 Å². The molecule has 27 heavy (non-hydrogen) atoms. The Balaban J connectivity index is 1.72. The van der Waals surface area contributed by atoms with Crippen LogP contribution in [0.4, 0.5) is 5.82 Å². The summed E-state index contributed by atoms with van der Waals surface area (Å²) in [6.07, 6.45) is 3.61. The minimum Gasteiger partial charge on any atom is -0.475 e. The molecular weight excluding hydrogens is 382 g/mol. The van der Waals surface area contributed by atoms with E-state index in [1.807, 2.05) is 29.6 Å². The van der Waals surface area contributed by atoms with Gasteiger partial charge in [-0.05, 0) is 35.1 Å². The van der Waals surface area contributed by atoms with Gasteiger partial charge in [-0.3, -0.25) is 4.72 Å². The molecule has 0 saturated carbocycles. The first-order valence-corrected chi connectivity index (χ1v) is 10.9. The summed E-state index contributed by atoms with van der Waals surface area (Å²) in [4.78, 5) is 9.54. The van der Waals surface area contributed by atoms with Crippen LogP contribution in [-0.2, 0) is 16.4 Å². The third-order valence-corrected chi connectivity index (χ3v) is 6.21. The topological polar surface area (TPSA) is 81.2 Å². The second-order valence-electron chi connectivity index (χ2n) is 6.22. The summed E-state index contributed by atoms with van der Waals surface area (Å²) in [5.74, 6) is 0.575. The zero-order valence-electron chi connectivity index (χ0n) is 15.1. The van der Waals surface area contributed by atoms with Crippen LogP contribution in [0, 0.1) is 0 Å². The number of anilines is 1. The maximum absolute atomic E-state index is 12.7. The van der Waals surface area contributed by atoms with E-state index in [4.69, 9.17) is 4.74 Å². The second kappa shape index (κ2) is 8.49. The lowest BCUT2D eigenvalue weighted by atomic mass is 10.0. The van der Waals surface area contributed by atoms with Crippen molar-refractivity contribution in [2.45, 2.75) is 31.1 Å². The van der Waals surface area contributed by atoms with Crippen molar-refractivity contribution in [2.24, 2.45) is 0 Å². The van der Waals surface area contributed by atoms with Crippen LogP contribution in [0.5, 0.6) is 5.88 Å². The molecule has 6 nitrogen and oxygen atoms in total. The lowest BCUT2D eigenvalue weighted by Crippen LogP contribution is -2.16.